The monoisotopic (exact) mass is 433 g/mol. The van der Waals surface area contributed by atoms with Gasteiger partial charge in [0.1, 0.15) is 5.82 Å². The summed E-state index contributed by atoms with van der Waals surface area (Å²) in [4.78, 5) is 24.4. The molecule has 162 valence electrons. The molecule has 1 aliphatic rings. The molecule has 0 spiro atoms. The highest BCUT2D eigenvalue weighted by molar-refractivity contribution is 6.04. The van der Waals surface area contributed by atoms with Gasteiger partial charge < -0.3 is 16.0 Å². The first-order chi connectivity index (χ1) is 14.0. The van der Waals surface area contributed by atoms with Gasteiger partial charge in [-0.2, -0.15) is 0 Å². The summed E-state index contributed by atoms with van der Waals surface area (Å²) in [7, 11) is 0. The first-order valence-corrected chi connectivity index (χ1v) is 10.1. The first kappa shape index (κ1) is 23.8. The first-order valence-electron chi connectivity index (χ1n) is 10.1. The van der Waals surface area contributed by atoms with Crippen molar-refractivity contribution in [3.8, 4) is 0 Å². The predicted molar refractivity (Wildman–Crippen MR) is 119 cm³/mol. The second kappa shape index (κ2) is 11.7. The summed E-state index contributed by atoms with van der Waals surface area (Å²) in [6, 6.07) is 12.7. The molecule has 0 aromatic heterocycles. The van der Waals surface area contributed by atoms with Gasteiger partial charge in [-0.1, -0.05) is 19.1 Å². The number of carbonyl (C=O) groups is 2. The fourth-order valence-corrected chi connectivity index (χ4v) is 3.66. The largest absolute Gasteiger partial charge is 0.352 e. The summed E-state index contributed by atoms with van der Waals surface area (Å²) in [5.74, 6) is 0.410. The molecule has 3 rings (SSSR count). The van der Waals surface area contributed by atoms with Gasteiger partial charge in [0.05, 0.1) is 0 Å². The summed E-state index contributed by atoms with van der Waals surface area (Å²) in [5.41, 5.74) is 2.01. The Morgan fingerprint density at radius 2 is 1.70 bits per heavy atom. The van der Waals surface area contributed by atoms with Crippen LogP contribution in [0.1, 0.15) is 42.1 Å². The van der Waals surface area contributed by atoms with Crippen LogP contribution >= 0.6 is 12.4 Å². The van der Waals surface area contributed by atoms with E-state index in [-0.39, 0.29) is 30.0 Å². The average molecular weight is 434 g/mol. The molecule has 3 N–H and O–H groups in total. The molecule has 5 nitrogen and oxygen atoms in total. The third kappa shape index (κ3) is 7.11. The maximum atomic E-state index is 13.0. The van der Waals surface area contributed by atoms with E-state index in [1.165, 1.54) is 24.3 Å². The van der Waals surface area contributed by atoms with Crippen molar-refractivity contribution < 1.29 is 14.0 Å². The SMILES string of the molecule is CC(CC(=O)NCc1ccc(NC(=O)c2ccc(F)cc2)cc1)C1CCNCC1.Cl. The molecule has 0 bridgehead atoms. The molecule has 0 saturated carbocycles. The molecule has 1 heterocycles. The third-order valence-corrected chi connectivity index (χ3v) is 5.50. The lowest BCUT2D eigenvalue weighted by Gasteiger charge is -2.27. The second-order valence-electron chi connectivity index (χ2n) is 7.70. The lowest BCUT2D eigenvalue weighted by atomic mass is 9.84. The Labute approximate surface area is 183 Å². The Hall–Kier alpha value is -2.44. The molecule has 1 saturated heterocycles. The number of hydrogen-bond acceptors (Lipinski definition) is 3. The summed E-state index contributed by atoms with van der Waals surface area (Å²) >= 11 is 0. The van der Waals surface area contributed by atoms with E-state index < -0.39 is 0 Å². The molecule has 7 heteroatoms. The van der Waals surface area contributed by atoms with Gasteiger partial charge in [0.15, 0.2) is 0 Å². The number of piperidine rings is 1. The highest BCUT2D eigenvalue weighted by Crippen LogP contribution is 2.24. The molecular formula is C23H29ClFN3O2. The van der Waals surface area contributed by atoms with Crippen molar-refractivity contribution in [3.05, 3.63) is 65.5 Å². The Morgan fingerprint density at radius 1 is 1.07 bits per heavy atom. The molecule has 2 amide bonds. The Morgan fingerprint density at radius 3 is 2.33 bits per heavy atom. The third-order valence-electron chi connectivity index (χ3n) is 5.50. The molecule has 0 aliphatic carbocycles. The molecule has 2 aromatic rings. The van der Waals surface area contributed by atoms with Crippen LogP contribution in [-0.4, -0.2) is 24.9 Å². The summed E-state index contributed by atoms with van der Waals surface area (Å²) in [6.45, 7) is 4.71. The van der Waals surface area contributed by atoms with Crippen molar-refractivity contribution in [3.63, 3.8) is 0 Å². The zero-order chi connectivity index (χ0) is 20.6. The number of benzene rings is 2. The number of nitrogens with one attached hydrogen (secondary N) is 3. The van der Waals surface area contributed by atoms with Crippen LogP contribution in [0.4, 0.5) is 10.1 Å². The topological polar surface area (TPSA) is 70.2 Å². The smallest absolute Gasteiger partial charge is 0.255 e. The van der Waals surface area contributed by atoms with Crippen LogP contribution in [0.5, 0.6) is 0 Å². The molecule has 1 unspecified atom stereocenters. The van der Waals surface area contributed by atoms with Gasteiger partial charge in [-0.05, 0) is 79.7 Å². The number of anilines is 1. The summed E-state index contributed by atoms with van der Waals surface area (Å²) < 4.78 is 13.0. The van der Waals surface area contributed by atoms with E-state index in [9.17, 15) is 14.0 Å². The van der Waals surface area contributed by atoms with Crippen molar-refractivity contribution in [2.75, 3.05) is 18.4 Å². The quantitative estimate of drug-likeness (QED) is 0.614. The van der Waals surface area contributed by atoms with Crippen LogP contribution in [0.3, 0.4) is 0 Å². The molecule has 1 atom stereocenters. The van der Waals surface area contributed by atoms with Gasteiger partial charge >= 0.3 is 0 Å². The molecule has 2 aromatic carbocycles. The van der Waals surface area contributed by atoms with Crippen LogP contribution in [-0.2, 0) is 11.3 Å². The molecule has 1 aliphatic heterocycles. The van der Waals surface area contributed by atoms with Crippen molar-refractivity contribution in [2.24, 2.45) is 11.8 Å². The fourth-order valence-electron chi connectivity index (χ4n) is 3.66. The van der Waals surface area contributed by atoms with E-state index in [0.717, 1.165) is 31.5 Å². The minimum Gasteiger partial charge on any atom is -0.352 e. The minimum atomic E-state index is -0.377. The van der Waals surface area contributed by atoms with Crippen molar-refractivity contribution in [1.29, 1.82) is 0 Å². The fraction of sp³-hybridized carbons (Fsp3) is 0.391. The van der Waals surface area contributed by atoms with Crippen molar-refractivity contribution in [1.82, 2.24) is 10.6 Å². The Balaban J connectivity index is 0.00000320. The van der Waals surface area contributed by atoms with E-state index in [2.05, 4.69) is 22.9 Å². The second-order valence-corrected chi connectivity index (χ2v) is 7.70. The standard InChI is InChI=1S/C23H28FN3O2.ClH/c1-16(18-10-12-25-13-11-18)14-22(28)26-15-17-2-8-21(9-3-17)27-23(29)19-4-6-20(24)7-5-19;/h2-9,16,18,25H,10-15H2,1H3,(H,26,28)(H,27,29);1H. The molecular weight excluding hydrogens is 405 g/mol. The summed E-state index contributed by atoms with van der Waals surface area (Å²) in [6.07, 6.45) is 2.83. The van der Waals surface area contributed by atoms with E-state index in [1.54, 1.807) is 12.1 Å². The number of hydrogen-bond donors (Lipinski definition) is 3. The van der Waals surface area contributed by atoms with E-state index in [1.807, 2.05) is 12.1 Å². The highest BCUT2D eigenvalue weighted by Gasteiger charge is 2.21. The van der Waals surface area contributed by atoms with Gasteiger partial charge in [0, 0.05) is 24.2 Å². The average Bonchev–Trinajstić information content (AvgIpc) is 2.74. The van der Waals surface area contributed by atoms with Crippen LogP contribution in [0.25, 0.3) is 0 Å². The number of rotatable bonds is 7. The van der Waals surface area contributed by atoms with E-state index in [4.69, 9.17) is 0 Å². The summed E-state index contributed by atoms with van der Waals surface area (Å²) in [5, 5.41) is 9.12. The minimum absolute atomic E-state index is 0. The highest BCUT2D eigenvalue weighted by atomic mass is 35.5. The van der Waals surface area contributed by atoms with Crippen molar-refractivity contribution in [2.45, 2.75) is 32.7 Å². The lowest BCUT2D eigenvalue weighted by Crippen LogP contribution is -2.33. The number of halogens is 2. The van der Waals surface area contributed by atoms with Gasteiger partial charge in [0.25, 0.3) is 5.91 Å². The van der Waals surface area contributed by atoms with E-state index >= 15 is 0 Å². The lowest BCUT2D eigenvalue weighted by molar-refractivity contribution is -0.122. The molecule has 30 heavy (non-hydrogen) atoms. The number of amides is 2. The van der Waals surface area contributed by atoms with Gasteiger partial charge in [-0.15, -0.1) is 12.4 Å². The van der Waals surface area contributed by atoms with Crippen LogP contribution in [0, 0.1) is 17.7 Å². The van der Waals surface area contributed by atoms with E-state index in [0.29, 0.717) is 36.1 Å². The Kier molecular flexibility index (Phi) is 9.27. The van der Waals surface area contributed by atoms with Crippen LogP contribution < -0.4 is 16.0 Å². The molecule has 1 fully saturated rings. The van der Waals surface area contributed by atoms with Gasteiger partial charge in [-0.3, -0.25) is 9.59 Å². The zero-order valence-electron chi connectivity index (χ0n) is 17.1. The van der Waals surface area contributed by atoms with Gasteiger partial charge in [0.2, 0.25) is 5.91 Å². The molecule has 0 radical (unpaired) electrons. The predicted octanol–water partition coefficient (Wildman–Crippen LogP) is 4.14. The number of carbonyl (C=O) groups excluding carboxylic acids is 2. The van der Waals surface area contributed by atoms with Crippen LogP contribution in [0.15, 0.2) is 48.5 Å². The van der Waals surface area contributed by atoms with Gasteiger partial charge in [-0.25, -0.2) is 4.39 Å². The van der Waals surface area contributed by atoms with Crippen LogP contribution in [0.2, 0.25) is 0 Å². The zero-order valence-corrected chi connectivity index (χ0v) is 17.9. The normalized spacial score (nSPS) is 15.0. The maximum Gasteiger partial charge on any atom is 0.255 e. The Bertz CT molecular complexity index is 821. The maximum absolute atomic E-state index is 13.0. The van der Waals surface area contributed by atoms with Crippen molar-refractivity contribution >= 4 is 29.9 Å².